The topological polar surface area (TPSA) is 29.1 Å². The van der Waals surface area contributed by atoms with E-state index in [2.05, 4.69) is 5.32 Å². The van der Waals surface area contributed by atoms with Gasteiger partial charge in [0.1, 0.15) is 0 Å². The van der Waals surface area contributed by atoms with E-state index in [-0.39, 0.29) is 11.9 Å². The number of amides is 1. The normalized spacial score (nSPS) is 12.2. The lowest BCUT2D eigenvalue weighted by atomic mass is 10.1. The maximum atomic E-state index is 11.2. The third-order valence-electron chi connectivity index (χ3n) is 2.07. The Balaban J connectivity index is 2.74. The van der Waals surface area contributed by atoms with Crippen LogP contribution in [0.5, 0.6) is 0 Å². The Labute approximate surface area is 89.3 Å². The van der Waals surface area contributed by atoms with Crippen LogP contribution in [-0.4, -0.2) is 5.91 Å². The van der Waals surface area contributed by atoms with Crippen LogP contribution in [0.1, 0.15) is 31.9 Å². The van der Waals surface area contributed by atoms with Crippen LogP contribution in [0.3, 0.4) is 0 Å². The van der Waals surface area contributed by atoms with Gasteiger partial charge in [0.15, 0.2) is 0 Å². The van der Waals surface area contributed by atoms with E-state index < -0.39 is 0 Å². The molecule has 0 saturated carbocycles. The predicted molar refractivity (Wildman–Crippen MR) is 58.3 cm³/mol. The molecule has 76 valence electrons. The summed E-state index contributed by atoms with van der Waals surface area (Å²) in [5.41, 5.74) is 0.955. The molecule has 1 aromatic rings. The summed E-state index contributed by atoms with van der Waals surface area (Å²) in [7, 11) is 0. The summed E-state index contributed by atoms with van der Waals surface area (Å²) in [5.74, 6) is 0.0393. The number of carbonyl (C=O) groups is 1. The van der Waals surface area contributed by atoms with Crippen molar-refractivity contribution in [3.8, 4) is 0 Å². The standard InChI is InChI=1S/C11H14ClNO/c1-3-11(14)13-8(2)9-6-4-5-7-10(9)12/h4-8H,3H2,1-2H3,(H,13,14)/t8-/m0/s1. The molecule has 0 heterocycles. The molecule has 0 spiro atoms. The van der Waals surface area contributed by atoms with Crippen LogP contribution in [0.15, 0.2) is 24.3 Å². The average molecular weight is 212 g/mol. The molecule has 1 rings (SSSR count). The lowest BCUT2D eigenvalue weighted by molar-refractivity contribution is -0.121. The lowest BCUT2D eigenvalue weighted by Gasteiger charge is -2.14. The van der Waals surface area contributed by atoms with Gasteiger partial charge in [-0.3, -0.25) is 4.79 Å². The first-order valence-corrected chi connectivity index (χ1v) is 5.06. The minimum absolute atomic E-state index is 0.0313. The van der Waals surface area contributed by atoms with Gasteiger partial charge in [0.2, 0.25) is 5.91 Å². The van der Waals surface area contributed by atoms with Crippen molar-refractivity contribution in [1.82, 2.24) is 5.32 Å². The van der Waals surface area contributed by atoms with Crippen molar-refractivity contribution in [2.45, 2.75) is 26.3 Å². The van der Waals surface area contributed by atoms with Gasteiger partial charge in [-0.2, -0.15) is 0 Å². The molecule has 1 atom stereocenters. The zero-order chi connectivity index (χ0) is 10.6. The molecule has 0 fully saturated rings. The third kappa shape index (κ3) is 2.74. The van der Waals surface area contributed by atoms with Gasteiger partial charge < -0.3 is 5.32 Å². The summed E-state index contributed by atoms with van der Waals surface area (Å²) in [4.78, 5) is 11.2. The number of rotatable bonds is 3. The van der Waals surface area contributed by atoms with E-state index in [1.807, 2.05) is 38.1 Å². The van der Waals surface area contributed by atoms with E-state index in [0.29, 0.717) is 11.4 Å². The van der Waals surface area contributed by atoms with Gasteiger partial charge in [0, 0.05) is 11.4 Å². The lowest BCUT2D eigenvalue weighted by Crippen LogP contribution is -2.25. The molecule has 0 radical (unpaired) electrons. The van der Waals surface area contributed by atoms with Crippen molar-refractivity contribution in [1.29, 1.82) is 0 Å². The highest BCUT2D eigenvalue weighted by molar-refractivity contribution is 6.31. The molecular weight excluding hydrogens is 198 g/mol. The van der Waals surface area contributed by atoms with Crippen molar-refractivity contribution < 1.29 is 4.79 Å². The van der Waals surface area contributed by atoms with Crippen LogP contribution in [0.4, 0.5) is 0 Å². The van der Waals surface area contributed by atoms with Gasteiger partial charge in [0.05, 0.1) is 6.04 Å². The van der Waals surface area contributed by atoms with E-state index in [9.17, 15) is 4.79 Å². The summed E-state index contributed by atoms with van der Waals surface area (Å²) < 4.78 is 0. The Hall–Kier alpha value is -1.02. The second-order valence-electron chi connectivity index (χ2n) is 3.16. The summed E-state index contributed by atoms with van der Waals surface area (Å²) in [6.45, 7) is 3.75. The molecule has 0 bridgehead atoms. The van der Waals surface area contributed by atoms with Gasteiger partial charge in [-0.05, 0) is 18.6 Å². The number of halogens is 1. The molecule has 2 nitrogen and oxygen atoms in total. The van der Waals surface area contributed by atoms with Crippen molar-refractivity contribution in [3.63, 3.8) is 0 Å². The molecule has 1 N–H and O–H groups in total. The Bertz CT molecular complexity index is 325. The first-order valence-electron chi connectivity index (χ1n) is 4.69. The van der Waals surface area contributed by atoms with E-state index in [1.54, 1.807) is 0 Å². The van der Waals surface area contributed by atoms with Gasteiger partial charge >= 0.3 is 0 Å². The summed E-state index contributed by atoms with van der Waals surface area (Å²) in [6, 6.07) is 7.50. The van der Waals surface area contributed by atoms with Crippen LogP contribution in [0.25, 0.3) is 0 Å². The van der Waals surface area contributed by atoms with Crippen LogP contribution < -0.4 is 5.32 Å². The summed E-state index contributed by atoms with van der Waals surface area (Å²) in [6.07, 6.45) is 0.495. The third-order valence-corrected chi connectivity index (χ3v) is 2.41. The number of carbonyl (C=O) groups excluding carboxylic acids is 1. The minimum atomic E-state index is -0.0313. The monoisotopic (exact) mass is 211 g/mol. The van der Waals surface area contributed by atoms with Gasteiger partial charge in [0.25, 0.3) is 0 Å². The molecule has 3 heteroatoms. The molecule has 0 aliphatic rings. The van der Waals surface area contributed by atoms with Crippen LogP contribution >= 0.6 is 11.6 Å². The maximum absolute atomic E-state index is 11.2. The predicted octanol–water partition coefficient (Wildman–Crippen LogP) is 2.93. The van der Waals surface area contributed by atoms with Gasteiger partial charge in [-0.15, -0.1) is 0 Å². The number of nitrogens with one attached hydrogen (secondary N) is 1. The van der Waals surface area contributed by atoms with E-state index in [4.69, 9.17) is 11.6 Å². The molecule has 0 unspecified atom stereocenters. The molecule has 14 heavy (non-hydrogen) atoms. The molecular formula is C11H14ClNO. The van der Waals surface area contributed by atoms with Crippen LogP contribution in [0, 0.1) is 0 Å². The fourth-order valence-corrected chi connectivity index (χ4v) is 1.55. The zero-order valence-corrected chi connectivity index (χ0v) is 9.14. The number of hydrogen-bond donors (Lipinski definition) is 1. The van der Waals surface area contributed by atoms with Gasteiger partial charge in [-0.25, -0.2) is 0 Å². The highest BCUT2D eigenvalue weighted by Gasteiger charge is 2.10. The Morgan fingerprint density at radius 2 is 2.14 bits per heavy atom. The van der Waals surface area contributed by atoms with Crippen molar-refractivity contribution in [2.24, 2.45) is 0 Å². The van der Waals surface area contributed by atoms with E-state index in [0.717, 1.165) is 5.56 Å². The summed E-state index contributed by atoms with van der Waals surface area (Å²) in [5, 5.41) is 3.55. The number of benzene rings is 1. The first kappa shape index (κ1) is 11.1. The molecule has 0 saturated heterocycles. The Morgan fingerprint density at radius 1 is 1.50 bits per heavy atom. The first-order chi connectivity index (χ1) is 6.65. The molecule has 1 amide bonds. The maximum Gasteiger partial charge on any atom is 0.220 e. The van der Waals surface area contributed by atoms with E-state index >= 15 is 0 Å². The van der Waals surface area contributed by atoms with Crippen molar-refractivity contribution >= 4 is 17.5 Å². The quantitative estimate of drug-likeness (QED) is 0.819. The second kappa shape index (κ2) is 5.01. The molecule has 0 aliphatic heterocycles. The summed E-state index contributed by atoms with van der Waals surface area (Å²) >= 11 is 5.99. The average Bonchev–Trinajstić information content (AvgIpc) is 2.18. The van der Waals surface area contributed by atoms with Crippen LogP contribution in [-0.2, 0) is 4.79 Å². The Morgan fingerprint density at radius 3 is 2.71 bits per heavy atom. The minimum Gasteiger partial charge on any atom is -0.350 e. The second-order valence-corrected chi connectivity index (χ2v) is 3.57. The van der Waals surface area contributed by atoms with Crippen LogP contribution in [0.2, 0.25) is 5.02 Å². The van der Waals surface area contributed by atoms with Crippen molar-refractivity contribution in [3.05, 3.63) is 34.9 Å². The highest BCUT2D eigenvalue weighted by Crippen LogP contribution is 2.21. The fraction of sp³-hybridized carbons (Fsp3) is 0.364. The number of hydrogen-bond acceptors (Lipinski definition) is 1. The molecule has 0 aromatic heterocycles. The fourth-order valence-electron chi connectivity index (χ4n) is 1.25. The highest BCUT2D eigenvalue weighted by atomic mass is 35.5. The molecule has 1 aromatic carbocycles. The largest absolute Gasteiger partial charge is 0.350 e. The van der Waals surface area contributed by atoms with E-state index in [1.165, 1.54) is 0 Å². The van der Waals surface area contributed by atoms with Crippen molar-refractivity contribution in [2.75, 3.05) is 0 Å². The molecule has 0 aliphatic carbocycles. The smallest absolute Gasteiger partial charge is 0.220 e. The Kier molecular flexibility index (Phi) is 3.96. The SMILES string of the molecule is CCC(=O)N[C@@H](C)c1ccccc1Cl. The van der Waals surface area contributed by atoms with Gasteiger partial charge in [-0.1, -0.05) is 36.7 Å². The zero-order valence-electron chi connectivity index (χ0n) is 8.38.